The van der Waals surface area contributed by atoms with Crippen molar-refractivity contribution in [2.24, 2.45) is 0 Å². The largest absolute Gasteiger partial charge is 0.397 e. The van der Waals surface area contributed by atoms with Crippen molar-refractivity contribution in [1.82, 2.24) is 0 Å². The summed E-state index contributed by atoms with van der Waals surface area (Å²) >= 11 is 0. The zero-order valence-corrected chi connectivity index (χ0v) is 11.9. The van der Waals surface area contributed by atoms with E-state index in [4.69, 9.17) is 28.8 Å². The molecule has 1 heterocycles. The molecule has 0 aromatic rings. The molecule has 0 aliphatic carbocycles. The lowest BCUT2D eigenvalue weighted by molar-refractivity contribution is -0.121. The van der Waals surface area contributed by atoms with Crippen molar-refractivity contribution in [2.75, 3.05) is 20.0 Å². The second-order valence-corrected chi connectivity index (χ2v) is 5.97. The Hall–Kier alpha value is -0.420. The number of ether oxygens (including phenoxy) is 2. The van der Waals surface area contributed by atoms with E-state index in [0.29, 0.717) is 0 Å². The molecule has 0 bridgehead atoms. The molecule has 0 amide bonds. The number of hydrogen-bond donors (Lipinski definition) is 4. The molecular weight excluding hydrogens is 340 g/mol. The molecule has 126 valence electrons. The van der Waals surface area contributed by atoms with Crippen molar-refractivity contribution in [3.63, 3.8) is 0 Å². The standard InChI is InChI=1S/C7H14O12S2/c8-1-4-6(18-20(10,11)12)7(19-21(13,14)15)5(2-9)17-3-16-4/h4-9H,1-3H2,(H,10,11,12)(H,13,14,15)/t4-,5-,6-,7-/m1/s1. The van der Waals surface area contributed by atoms with Crippen molar-refractivity contribution in [1.29, 1.82) is 0 Å². The van der Waals surface area contributed by atoms with Crippen LogP contribution in [0.1, 0.15) is 0 Å². The maximum absolute atomic E-state index is 10.8. The first kappa shape index (κ1) is 18.6. The van der Waals surface area contributed by atoms with Gasteiger partial charge < -0.3 is 19.7 Å². The van der Waals surface area contributed by atoms with E-state index >= 15 is 0 Å². The van der Waals surface area contributed by atoms with E-state index in [1.165, 1.54) is 0 Å². The number of aliphatic hydroxyl groups excluding tert-OH is 2. The van der Waals surface area contributed by atoms with Gasteiger partial charge in [-0.05, 0) is 0 Å². The second kappa shape index (κ2) is 7.23. The van der Waals surface area contributed by atoms with Gasteiger partial charge in [-0.15, -0.1) is 0 Å². The Kier molecular flexibility index (Phi) is 6.41. The monoisotopic (exact) mass is 354 g/mol. The van der Waals surface area contributed by atoms with Crippen LogP contribution in [-0.4, -0.2) is 80.6 Å². The Morgan fingerprint density at radius 3 is 1.43 bits per heavy atom. The number of rotatable bonds is 6. The lowest BCUT2D eigenvalue weighted by Crippen LogP contribution is -2.50. The van der Waals surface area contributed by atoms with Gasteiger partial charge in [-0.3, -0.25) is 9.11 Å². The third kappa shape index (κ3) is 6.07. The van der Waals surface area contributed by atoms with E-state index in [0.717, 1.165) is 0 Å². The topological polar surface area (TPSA) is 186 Å². The summed E-state index contributed by atoms with van der Waals surface area (Å²) in [7, 11) is -10.2. The molecule has 1 aliphatic heterocycles. The summed E-state index contributed by atoms with van der Waals surface area (Å²) in [5.41, 5.74) is 0. The van der Waals surface area contributed by atoms with Gasteiger partial charge in [-0.25, -0.2) is 8.37 Å². The van der Waals surface area contributed by atoms with Crippen LogP contribution in [0.4, 0.5) is 0 Å². The predicted octanol–water partition coefficient (Wildman–Crippen LogP) is -2.91. The van der Waals surface area contributed by atoms with E-state index in [-0.39, 0.29) is 0 Å². The molecule has 4 N–H and O–H groups in total. The third-order valence-electron chi connectivity index (χ3n) is 2.45. The average molecular weight is 354 g/mol. The summed E-state index contributed by atoms with van der Waals surface area (Å²) in [6.45, 7) is -2.27. The highest BCUT2D eigenvalue weighted by molar-refractivity contribution is 7.81. The first-order chi connectivity index (χ1) is 9.57. The van der Waals surface area contributed by atoms with Gasteiger partial charge in [0.05, 0.1) is 13.2 Å². The zero-order chi connectivity index (χ0) is 16.3. The molecule has 1 saturated heterocycles. The maximum Gasteiger partial charge on any atom is 0.397 e. The Morgan fingerprint density at radius 2 is 1.19 bits per heavy atom. The maximum atomic E-state index is 10.8. The lowest BCUT2D eigenvalue weighted by Gasteiger charge is -2.29. The average Bonchev–Trinajstić information content (AvgIpc) is 2.46. The minimum Gasteiger partial charge on any atom is -0.394 e. The molecule has 0 saturated carbocycles. The van der Waals surface area contributed by atoms with Crippen LogP contribution in [-0.2, 0) is 38.6 Å². The van der Waals surface area contributed by atoms with Crippen LogP contribution >= 0.6 is 0 Å². The van der Waals surface area contributed by atoms with Crippen LogP contribution in [0, 0.1) is 0 Å². The fourth-order valence-corrected chi connectivity index (χ4v) is 2.68. The second-order valence-electron chi connectivity index (χ2n) is 3.87. The van der Waals surface area contributed by atoms with Gasteiger partial charge in [0.1, 0.15) is 31.2 Å². The van der Waals surface area contributed by atoms with E-state index in [9.17, 15) is 16.8 Å². The molecule has 21 heavy (non-hydrogen) atoms. The van der Waals surface area contributed by atoms with Crippen LogP contribution < -0.4 is 0 Å². The molecule has 0 aromatic carbocycles. The van der Waals surface area contributed by atoms with Gasteiger partial charge in [-0.1, -0.05) is 0 Å². The zero-order valence-electron chi connectivity index (χ0n) is 10.3. The SMILES string of the molecule is O=S(=O)(O)O[C@H]1[C@H](OS(=O)(=O)O)[C@@H](CO)OCO[C@@H]1CO. The van der Waals surface area contributed by atoms with Crippen molar-refractivity contribution in [2.45, 2.75) is 24.4 Å². The van der Waals surface area contributed by atoms with Crippen LogP contribution in [0.3, 0.4) is 0 Å². The molecule has 1 fully saturated rings. The molecule has 1 aliphatic rings. The Morgan fingerprint density at radius 1 is 0.857 bits per heavy atom. The molecule has 1 rings (SSSR count). The summed E-state index contributed by atoms with van der Waals surface area (Å²) < 4.78 is 78.7. The van der Waals surface area contributed by atoms with Crippen molar-refractivity contribution >= 4 is 20.8 Å². The van der Waals surface area contributed by atoms with Crippen LogP contribution in [0.5, 0.6) is 0 Å². The summed E-state index contributed by atoms with van der Waals surface area (Å²) in [5.74, 6) is 0. The Labute approximate surface area is 120 Å². The highest BCUT2D eigenvalue weighted by Crippen LogP contribution is 2.23. The molecule has 0 radical (unpaired) electrons. The van der Waals surface area contributed by atoms with Crippen LogP contribution in [0.2, 0.25) is 0 Å². The normalized spacial score (nSPS) is 31.8. The molecule has 0 spiro atoms. The van der Waals surface area contributed by atoms with Crippen molar-refractivity contribution in [3.8, 4) is 0 Å². The van der Waals surface area contributed by atoms with Gasteiger partial charge in [0.15, 0.2) is 0 Å². The van der Waals surface area contributed by atoms with Crippen LogP contribution in [0.15, 0.2) is 0 Å². The van der Waals surface area contributed by atoms with Gasteiger partial charge in [0.25, 0.3) is 0 Å². The number of aliphatic hydroxyl groups is 2. The summed E-state index contributed by atoms with van der Waals surface area (Å²) in [6.07, 6.45) is -6.77. The fourth-order valence-electron chi connectivity index (χ4n) is 1.65. The fraction of sp³-hybridized carbons (Fsp3) is 1.00. The van der Waals surface area contributed by atoms with Gasteiger partial charge in [-0.2, -0.15) is 16.8 Å². The minimum absolute atomic E-state index is 0.562. The summed E-state index contributed by atoms with van der Waals surface area (Å²) in [6, 6.07) is 0. The molecular formula is C7H14O12S2. The van der Waals surface area contributed by atoms with Gasteiger partial charge in [0, 0.05) is 0 Å². The third-order valence-corrected chi connectivity index (χ3v) is 3.38. The van der Waals surface area contributed by atoms with Gasteiger partial charge >= 0.3 is 20.8 Å². The predicted molar refractivity (Wildman–Crippen MR) is 61.6 cm³/mol. The molecule has 0 aromatic heterocycles. The first-order valence-electron chi connectivity index (χ1n) is 5.33. The van der Waals surface area contributed by atoms with Crippen molar-refractivity contribution in [3.05, 3.63) is 0 Å². The van der Waals surface area contributed by atoms with Crippen molar-refractivity contribution < 1.29 is 54.0 Å². The molecule has 12 nitrogen and oxygen atoms in total. The Balaban J connectivity index is 3.18. The van der Waals surface area contributed by atoms with E-state index < -0.39 is 65.2 Å². The van der Waals surface area contributed by atoms with E-state index in [2.05, 4.69) is 8.37 Å². The van der Waals surface area contributed by atoms with Crippen LogP contribution in [0.25, 0.3) is 0 Å². The Bertz CT molecular complexity index is 478. The number of hydrogen-bond acceptors (Lipinski definition) is 10. The molecule has 4 atom stereocenters. The molecule has 14 heteroatoms. The highest BCUT2D eigenvalue weighted by Gasteiger charge is 2.45. The summed E-state index contributed by atoms with van der Waals surface area (Å²) in [5, 5.41) is 18.2. The smallest absolute Gasteiger partial charge is 0.394 e. The van der Waals surface area contributed by atoms with E-state index in [1.54, 1.807) is 0 Å². The first-order valence-corrected chi connectivity index (χ1v) is 8.06. The minimum atomic E-state index is -5.09. The highest BCUT2D eigenvalue weighted by atomic mass is 32.3. The quantitative estimate of drug-likeness (QED) is 0.357. The summed E-state index contributed by atoms with van der Waals surface area (Å²) in [4.78, 5) is 0. The van der Waals surface area contributed by atoms with E-state index in [1.807, 2.05) is 0 Å². The van der Waals surface area contributed by atoms with Gasteiger partial charge in [0.2, 0.25) is 0 Å². The lowest BCUT2D eigenvalue weighted by atomic mass is 10.0. The molecule has 0 unspecified atom stereocenters.